The van der Waals surface area contributed by atoms with E-state index in [9.17, 15) is 15.0 Å². The predicted octanol–water partition coefficient (Wildman–Crippen LogP) is 5.30. The van der Waals surface area contributed by atoms with E-state index in [1.165, 1.54) is 4.21 Å². The highest BCUT2D eigenvalue weighted by Crippen LogP contribution is 2.33. The maximum atomic E-state index is 11.3. The minimum atomic E-state index is -1.24. The average Bonchev–Trinajstić information content (AvgIpc) is 3.36. The molecule has 1 saturated heterocycles. The molecular formula is C25H30N2O5S2. The molecule has 0 aliphatic carbocycles. The maximum Gasteiger partial charge on any atom is 0.506 e. The van der Waals surface area contributed by atoms with Crippen LogP contribution in [0.25, 0.3) is 10.9 Å². The Hall–Kier alpha value is -2.33. The zero-order valence-corrected chi connectivity index (χ0v) is 20.8. The number of carboxylic acid groups (broad SMARTS) is 1. The lowest BCUT2D eigenvalue weighted by Gasteiger charge is -2.37. The van der Waals surface area contributed by atoms with Gasteiger partial charge in [0, 0.05) is 30.4 Å². The van der Waals surface area contributed by atoms with Gasteiger partial charge in [-0.25, -0.2) is 4.79 Å². The summed E-state index contributed by atoms with van der Waals surface area (Å²) in [6, 6.07) is 11.6. The van der Waals surface area contributed by atoms with Gasteiger partial charge >= 0.3 is 6.16 Å². The van der Waals surface area contributed by atoms with Crippen molar-refractivity contribution in [3.63, 3.8) is 0 Å². The summed E-state index contributed by atoms with van der Waals surface area (Å²) in [4.78, 5) is 18.0. The van der Waals surface area contributed by atoms with Gasteiger partial charge in [0.05, 0.1) is 22.9 Å². The maximum absolute atomic E-state index is 11.3. The molecule has 1 unspecified atom stereocenters. The van der Waals surface area contributed by atoms with Gasteiger partial charge in [0.25, 0.3) is 0 Å². The average molecular weight is 503 g/mol. The highest BCUT2D eigenvalue weighted by molar-refractivity contribution is 8.01. The first-order valence-corrected chi connectivity index (χ1v) is 13.3. The number of benzene rings is 1. The number of aliphatic hydroxyl groups excluding tert-OH is 1. The number of thioether (sulfide) groups is 1. The third kappa shape index (κ3) is 6.41. The van der Waals surface area contributed by atoms with Crippen molar-refractivity contribution in [3.05, 3.63) is 53.5 Å². The van der Waals surface area contributed by atoms with Crippen LogP contribution in [-0.4, -0.2) is 64.9 Å². The molecule has 3 heterocycles. The Balaban J connectivity index is 1.35. The van der Waals surface area contributed by atoms with E-state index in [1.54, 1.807) is 24.6 Å². The van der Waals surface area contributed by atoms with Crippen LogP contribution >= 0.6 is 23.1 Å². The van der Waals surface area contributed by atoms with Gasteiger partial charge in [0.1, 0.15) is 11.9 Å². The highest BCUT2D eigenvalue weighted by Gasteiger charge is 2.32. The molecule has 3 aromatic rings. The summed E-state index contributed by atoms with van der Waals surface area (Å²) < 4.78 is 11.9. The summed E-state index contributed by atoms with van der Waals surface area (Å²) in [5.41, 5.74) is 1.61. The van der Waals surface area contributed by atoms with Crippen LogP contribution in [0.4, 0.5) is 4.79 Å². The van der Waals surface area contributed by atoms with E-state index < -0.39 is 12.3 Å². The first-order valence-electron chi connectivity index (χ1n) is 11.4. The van der Waals surface area contributed by atoms with Gasteiger partial charge in [0.15, 0.2) is 0 Å². The molecule has 0 spiro atoms. The van der Waals surface area contributed by atoms with Gasteiger partial charge in [0.2, 0.25) is 0 Å². The number of piperidine rings is 1. The summed E-state index contributed by atoms with van der Waals surface area (Å²) in [5, 5.41) is 23.2. The van der Waals surface area contributed by atoms with Gasteiger partial charge in [-0.15, -0.1) is 23.1 Å². The fourth-order valence-electron chi connectivity index (χ4n) is 4.54. The number of aliphatic hydroxyl groups is 1. The zero-order valence-electron chi connectivity index (χ0n) is 19.1. The highest BCUT2D eigenvalue weighted by atomic mass is 32.2. The van der Waals surface area contributed by atoms with E-state index in [0.29, 0.717) is 25.1 Å². The predicted molar refractivity (Wildman–Crippen MR) is 135 cm³/mol. The number of pyridine rings is 1. The molecule has 0 radical (unpaired) electrons. The number of likely N-dealkylation sites (tertiary alicyclic amines) is 1. The number of fused-ring (bicyclic) bond motifs is 1. The van der Waals surface area contributed by atoms with Crippen LogP contribution < -0.4 is 4.74 Å². The van der Waals surface area contributed by atoms with Crippen molar-refractivity contribution in [2.75, 3.05) is 32.5 Å². The molecule has 1 aliphatic heterocycles. The smallest absolute Gasteiger partial charge is 0.497 e. The van der Waals surface area contributed by atoms with Crippen LogP contribution in [0.15, 0.2) is 52.2 Å². The van der Waals surface area contributed by atoms with E-state index in [2.05, 4.69) is 27.4 Å². The molecule has 0 amide bonds. The minimum absolute atomic E-state index is 0.0783. The summed E-state index contributed by atoms with van der Waals surface area (Å²) in [7, 11) is 1.61. The summed E-state index contributed by atoms with van der Waals surface area (Å²) in [6.45, 7) is 2.39. The molecular weight excluding hydrogens is 472 g/mol. The number of methoxy groups -OCH3 is 1. The fourth-order valence-corrected chi connectivity index (χ4v) is 6.40. The molecule has 34 heavy (non-hydrogen) atoms. The number of thiophene rings is 1. The fraction of sp³-hybridized carbons (Fsp3) is 0.440. The van der Waals surface area contributed by atoms with E-state index in [0.717, 1.165) is 41.7 Å². The number of rotatable bonds is 10. The van der Waals surface area contributed by atoms with Gasteiger partial charge < -0.3 is 19.7 Å². The molecule has 9 heteroatoms. The van der Waals surface area contributed by atoms with Crippen LogP contribution in [0.1, 0.15) is 30.9 Å². The number of ether oxygens (including phenoxy) is 2. The summed E-state index contributed by atoms with van der Waals surface area (Å²) in [5.74, 6) is 1.76. The van der Waals surface area contributed by atoms with Crippen molar-refractivity contribution in [2.45, 2.75) is 35.7 Å². The number of carbonyl (C=O) groups is 1. The second-order valence-electron chi connectivity index (χ2n) is 8.43. The molecule has 0 bridgehead atoms. The van der Waals surface area contributed by atoms with Crippen molar-refractivity contribution in [3.8, 4) is 5.75 Å². The molecule has 4 rings (SSSR count). The van der Waals surface area contributed by atoms with E-state index in [-0.39, 0.29) is 12.0 Å². The Bertz CT molecular complexity index is 1080. The van der Waals surface area contributed by atoms with Crippen LogP contribution in [0.5, 0.6) is 5.75 Å². The molecule has 3 atom stereocenters. The van der Waals surface area contributed by atoms with Crippen molar-refractivity contribution in [1.82, 2.24) is 9.88 Å². The molecule has 2 aromatic heterocycles. The van der Waals surface area contributed by atoms with E-state index in [1.807, 2.05) is 36.0 Å². The largest absolute Gasteiger partial charge is 0.506 e. The Morgan fingerprint density at radius 3 is 3.00 bits per heavy atom. The van der Waals surface area contributed by atoms with Crippen molar-refractivity contribution in [2.24, 2.45) is 5.92 Å². The first kappa shape index (κ1) is 24.8. The van der Waals surface area contributed by atoms with Crippen molar-refractivity contribution in [1.29, 1.82) is 0 Å². The molecule has 1 aliphatic rings. The SMILES string of the molecule is COc1ccc2nccc(C(O)CC[C@@H]3CCN(CCSc4cccs4)C[C@@H]3OC(=O)O)c2c1. The second kappa shape index (κ2) is 11.9. The lowest BCUT2D eigenvalue weighted by Crippen LogP contribution is -2.46. The lowest BCUT2D eigenvalue weighted by molar-refractivity contribution is -0.0223. The number of nitrogens with zero attached hydrogens (tertiary/aromatic N) is 2. The van der Waals surface area contributed by atoms with Crippen LogP contribution in [-0.2, 0) is 4.74 Å². The molecule has 1 aromatic carbocycles. The second-order valence-corrected chi connectivity index (χ2v) is 10.8. The third-order valence-corrected chi connectivity index (χ3v) is 8.44. The third-order valence-electron chi connectivity index (χ3n) is 6.33. The quantitative estimate of drug-likeness (QED) is 0.285. The summed E-state index contributed by atoms with van der Waals surface area (Å²) >= 11 is 3.56. The lowest BCUT2D eigenvalue weighted by atomic mass is 9.87. The Morgan fingerprint density at radius 1 is 1.35 bits per heavy atom. The monoisotopic (exact) mass is 502 g/mol. The topological polar surface area (TPSA) is 92.1 Å². The summed E-state index contributed by atoms with van der Waals surface area (Å²) in [6.07, 6.45) is 1.45. The zero-order chi connectivity index (χ0) is 23.9. The van der Waals surface area contributed by atoms with Crippen LogP contribution in [0.3, 0.4) is 0 Å². The first-order chi connectivity index (χ1) is 16.5. The number of hydrogen-bond donors (Lipinski definition) is 2. The van der Waals surface area contributed by atoms with Gasteiger partial charge in [-0.1, -0.05) is 6.07 Å². The molecule has 7 nitrogen and oxygen atoms in total. The standard InChI is InChI=1S/C25H30N2O5S2/c1-31-18-5-6-21-20(15-18)19(8-10-26-21)22(28)7-4-17-9-11-27(16-23(17)32-25(29)30)12-14-34-24-3-2-13-33-24/h2-3,5-6,8,10,13,15,17,22-23,28H,4,7,9,11-12,14,16H2,1H3,(H,29,30)/t17-,22?,23+/m1/s1. The minimum Gasteiger partial charge on any atom is -0.497 e. The Morgan fingerprint density at radius 2 is 2.24 bits per heavy atom. The number of hydrogen-bond acceptors (Lipinski definition) is 8. The Kier molecular flexibility index (Phi) is 8.66. The van der Waals surface area contributed by atoms with Gasteiger partial charge in [-0.3, -0.25) is 9.88 Å². The molecule has 2 N–H and O–H groups in total. The Labute approximate surface area is 207 Å². The number of aromatic nitrogens is 1. The van der Waals surface area contributed by atoms with Gasteiger partial charge in [-0.2, -0.15) is 0 Å². The van der Waals surface area contributed by atoms with E-state index >= 15 is 0 Å². The molecule has 182 valence electrons. The van der Waals surface area contributed by atoms with E-state index in [4.69, 9.17) is 9.47 Å². The normalized spacial score (nSPS) is 19.7. The van der Waals surface area contributed by atoms with Crippen LogP contribution in [0.2, 0.25) is 0 Å². The molecule has 1 fully saturated rings. The van der Waals surface area contributed by atoms with Gasteiger partial charge in [-0.05, 0) is 73.0 Å². The van der Waals surface area contributed by atoms with Crippen LogP contribution in [0, 0.1) is 5.92 Å². The van der Waals surface area contributed by atoms with Crippen molar-refractivity contribution < 1.29 is 24.5 Å². The van der Waals surface area contributed by atoms with Crippen molar-refractivity contribution >= 4 is 40.2 Å². The molecule has 0 saturated carbocycles.